The van der Waals surface area contributed by atoms with Crippen molar-refractivity contribution in [3.05, 3.63) is 30.1 Å². The van der Waals surface area contributed by atoms with E-state index in [1.807, 2.05) is 6.20 Å². The molecule has 0 aromatic carbocycles. The van der Waals surface area contributed by atoms with Gasteiger partial charge in [-0.05, 0) is 42.5 Å². The number of hydrogen-bond acceptors (Lipinski definition) is 1. The van der Waals surface area contributed by atoms with Crippen LogP contribution < -0.4 is 5.32 Å². The van der Waals surface area contributed by atoms with Crippen LogP contribution in [0.5, 0.6) is 0 Å². The van der Waals surface area contributed by atoms with Gasteiger partial charge in [0, 0.05) is 18.4 Å². The third-order valence-corrected chi connectivity index (χ3v) is 3.17. The highest BCUT2D eigenvalue weighted by Crippen LogP contribution is 2.35. The fourth-order valence-corrected chi connectivity index (χ4v) is 2.51. The third-order valence-electron chi connectivity index (χ3n) is 3.17. The Morgan fingerprint density at radius 1 is 1.38 bits per heavy atom. The average Bonchev–Trinajstić information content (AvgIpc) is 2.74. The average molecular weight is 174 g/mol. The van der Waals surface area contributed by atoms with E-state index in [-0.39, 0.29) is 0 Å². The summed E-state index contributed by atoms with van der Waals surface area (Å²) in [7, 11) is 0. The number of H-pyrrole nitrogens is 1. The van der Waals surface area contributed by atoms with E-state index >= 15 is 0 Å². The van der Waals surface area contributed by atoms with Crippen molar-refractivity contribution >= 4 is 5.57 Å². The van der Waals surface area contributed by atoms with Crippen LogP contribution in [0.3, 0.4) is 0 Å². The van der Waals surface area contributed by atoms with Crippen LogP contribution in [-0.4, -0.2) is 17.6 Å². The lowest BCUT2D eigenvalue weighted by Crippen LogP contribution is -2.34. The van der Waals surface area contributed by atoms with Gasteiger partial charge >= 0.3 is 0 Å². The second-order valence-corrected chi connectivity index (χ2v) is 4.01. The number of aromatic nitrogens is 1. The molecule has 1 aliphatic carbocycles. The second kappa shape index (κ2) is 2.74. The molecule has 2 atom stereocenters. The van der Waals surface area contributed by atoms with Crippen molar-refractivity contribution < 1.29 is 0 Å². The molecule has 1 fully saturated rings. The van der Waals surface area contributed by atoms with Crippen LogP contribution in [0.2, 0.25) is 0 Å². The minimum atomic E-state index is 0.620. The van der Waals surface area contributed by atoms with E-state index in [1.54, 1.807) is 0 Å². The number of hydrogen-bond donors (Lipinski definition) is 2. The summed E-state index contributed by atoms with van der Waals surface area (Å²) in [6, 6.07) is 2.78. The lowest BCUT2D eigenvalue weighted by molar-refractivity contribution is 0.417. The van der Waals surface area contributed by atoms with Gasteiger partial charge in [0.2, 0.25) is 0 Å². The van der Waals surface area contributed by atoms with Crippen LogP contribution in [0.25, 0.3) is 5.57 Å². The molecule has 0 spiro atoms. The van der Waals surface area contributed by atoms with Crippen molar-refractivity contribution in [2.75, 3.05) is 6.54 Å². The first-order valence-corrected chi connectivity index (χ1v) is 5.02. The van der Waals surface area contributed by atoms with Gasteiger partial charge in [0.1, 0.15) is 0 Å². The van der Waals surface area contributed by atoms with Crippen LogP contribution >= 0.6 is 0 Å². The van der Waals surface area contributed by atoms with E-state index in [0.29, 0.717) is 6.04 Å². The van der Waals surface area contributed by atoms with Gasteiger partial charge in [-0.25, -0.2) is 0 Å². The van der Waals surface area contributed by atoms with Crippen molar-refractivity contribution in [1.82, 2.24) is 10.3 Å². The molecule has 2 heteroatoms. The molecule has 2 aliphatic rings. The number of aromatic amines is 1. The van der Waals surface area contributed by atoms with E-state index in [1.165, 1.54) is 30.5 Å². The number of rotatable bonds is 1. The van der Waals surface area contributed by atoms with Gasteiger partial charge in [-0.3, -0.25) is 0 Å². The van der Waals surface area contributed by atoms with Crippen LogP contribution in [0, 0.1) is 5.92 Å². The zero-order chi connectivity index (χ0) is 8.67. The molecule has 3 rings (SSSR count). The Morgan fingerprint density at radius 2 is 2.38 bits per heavy atom. The topological polar surface area (TPSA) is 27.8 Å². The fraction of sp³-hybridized carbons (Fsp3) is 0.455. The Kier molecular flexibility index (Phi) is 1.56. The molecule has 13 heavy (non-hydrogen) atoms. The van der Waals surface area contributed by atoms with E-state index in [9.17, 15) is 0 Å². The molecule has 0 amide bonds. The Labute approximate surface area is 78.0 Å². The molecule has 1 saturated heterocycles. The van der Waals surface area contributed by atoms with Crippen LogP contribution in [0.4, 0.5) is 0 Å². The number of allylic oxidation sites excluding steroid dienone is 1. The highest BCUT2D eigenvalue weighted by Gasteiger charge is 2.30. The van der Waals surface area contributed by atoms with Crippen LogP contribution in [0.15, 0.2) is 24.5 Å². The lowest BCUT2D eigenvalue weighted by Gasteiger charge is -2.22. The molecular formula is C11H14N2. The molecule has 1 aliphatic heterocycles. The Balaban J connectivity index is 1.96. The number of nitrogens with one attached hydrogen (secondary N) is 2. The Morgan fingerprint density at radius 3 is 3.15 bits per heavy atom. The highest BCUT2D eigenvalue weighted by atomic mass is 14.9. The molecule has 68 valence electrons. The molecule has 1 aromatic heterocycles. The fourth-order valence-electron chi connectivity index (χ4n) is 2.51. The maximum atomic E-state index is 3.57. The summed E-state index contributed by atoms with van der Waals surface area (Å²) in [4.78, 5) is 3.12. The van der Waals surface area contributed by atoms with Crippen molar-refractivity contribution in [2.24, 2.45) is 5.92 Å². The zero-order valence-electron chi connectivity index (χ0n) is 7.59. The minimum Gasteiger partial charge on any atom is -0.367 e. The summed E-state index contributed by atoms with van der Waals surface area (Å²) in [5.41, 5.74) is 2.87. The predicted octanol–water partition coefficient (Wildman–Crippen LogP) is 1.78. The van der Waals surface area contributed by atoms with Crippen LogP contribution in [-0.2, 0) is 0 Å². The standard InChI is InChI=1S/C11H14N2/c1-4-13-11-6-8(1)5-10(11)9-2-3-12-7-9/h2-3,5,7-8,11-13H,1,4,6H2. The molecule has 2 heterocycles. The Bertz CT molecular complexity index is 324. The van der Waals surface area contributed by atoms with E-state index < -0.39 is 0 Å². The van der Waals surface area contributed by atoms with Crippen molar-refractivity contribution in [2.45, 2.75) is 18.9 Å². The molecule has 0 saturated carbocycles. The lowest BCUT2D eigenvalue weighted by atomic mass is 9.98. The molecular weight excluding hydrogens is 160 g/mol. The molecule has 2 bridgehead atoms. The summed E-state index contributed by atoms with van der Waals surface area (Å²) < 4.78 is 0. The SMILES string of the molecule is C1=C(c2cc[nH]c2)C2CC1CCN2. The van der Waals surface area contributed by atoms with Gasteiger partial charge in [0.25, 0.3) is 0 Å². The van der Waals surface area contributed by atoms with Gasteiger partial charge in [0.15, 0.2) is 0 Å². The minimum absolute atomic E-state index is 0.620. The van der Waals surface area contributed by atoms with Gasteiger partial charge in [-0.15, -0.1) is 0 Å². The Hall–Kier alpha value is -1.02. The first-order valence-electron chi connectivity index (χ1n) is 5.02. The van der Waals surface area contributed by atoms with Gasteiger partial charge in [-0.1, -0.05) is 6.08 Å². The molecule has 1 aromatic rings. The largest absolute Gasteiger partial charge is 0.367 e. The van der Waals surface area contributed by atoms with Crippen molar-refractivity contribution in [1.29, 1.82) is 0 Å². The van der Waals surface area contributed by atoms with Crippen molar-refractivity contribution in [3.8, 4) is 0 Å². The zero-order valence-corrected chi connectivity index (χ0v) is 7.59. The van der Waals surface area contributed by atoms with Crippen molar-refractivity contribution in [3.63, 3.8) is 0 Å². The summed E-state index contributed by atoms with van der Waals surface area (Å²) in [5.74, 6) is 0.830. The third kappa shape index (κ3) is 1.13. The summed E-state index contributed by atoms with van der Waals surface area (Å²) in [6.07, 6.45) is 9.16. The monoisotopic (exact) mass is 174 g/mol. The normalized spacial score (nSPS) is 31.8. The van der Waals surface area contributed by atoms with E-state index in [0.717, 1.165) is 5.92 Å². The number of piperidine rings is 1. The van der Waals surface area contributed by atoms with Gasteiger partial charge in [0.05, 0.1) is 0 Å². The molecule has 2 nitrogen and oxygen atoms in total. The van der Waals surface area contributed by atoms with Gasteiger partial charge in [-0.2, -0.15) is 0 Å². The maximum absolute atomic E-state index is 3.57. The number of fused-ring (bicyclic) bond motifs is 2. The summed E-state index contributed by atoms with van der Waals surface area (Å²) in [6.45, 7) is 1.18. The first-order chi connectivity index (χ1) is 6.43. The summed E-state index contributed by atoms with van der Waals surface area (Å²) >= 11 is 0. The second-order valence-electron chi connectivity index (χ2n) is 4.01. The molecule has 2 N–H and O–H groups in total. The van der Waals surface area contributed by atoms with Gasteiger partial charge < -0.3 is 10.3 Å². The highest BCUT2D eigenvalue weighted by molar-refractivity contribution is 5.71. The molecule has 2 unspecified atom stereocenters. The predicted molar refractivity (Wildman–Crippen MR) is 53.3 cm³/mol. The van der Waals surface area contributed by atoms with Crippen LogP contribution in [0.1, 0.15) is 18.4 Å². The molecule has 0 radical (unpaired) electrons. The summed E-state index contributed by atoms with van der Waals surface area (Å²) in [5, 5.41) is 3.57. The van der Waals surface area contributed by atoms with E-state index in [4.69, 9.17) is 0 Å². The van der Waals surface area contributed by atoms with E-state index in [2.05, 4.69) is 28.6 Å². The first kappa shape index (κ1) is 7.39. The quantitative estimate of drug-likeness (QED) is 0.667. The maximum Gasteiger partial charge on any atom is 0.0329 e. The smallest absolute Gasteiger partial charge is 0.0329 e.